The molecule has 6 nitrogen and oxygen atoms in total. The van der Waals surface area contributed by atoms with Gasteiger partial charge in [0.15, 0.2) is 0 Å². The Morgan fingerprint density at radius 3 is 2.48 bits per heavy atom. The van der Waals surface area contributed by atoms with Gasteiger partial charge in [-0.05, 0) is 26.8 Å². The Bertz CT molecular complexity index is 905. The van der Waals surface area contributed by atoms with Crippen molar-refractivity contribution in [2.24, 2.45) is 7.05 Å². The number of amides is 1. The lowest BCUT2D eigenvalue weighted by Crippen LogP contribution is -2.27. The fourth-order valence-corrected chi connectivity index (χ4v) is 2.86. The second-order valence-electron chi connectivity index (χ2n) is 6.47. The number of aryl methyl sites for hydroxylation is 3. The topological polar surface area (TPSA) is 66.8 Å². The summed E-state index contributed by atoms with van der Waals surface area (Å²) in [5, 5.41) is 11.5. The second kappa shape index (κ2) is 6.55. The van der Waals surface area contributed by atoms with Crippen molar-refractivity contribution in [3.8, 4) is 11.3 Å². The molecule has 0 spiro atoms. The smallest absolute Gasteiger partial charge is 0.271 e. The van der Waals surface area contributed by atoms with Gasteiger partial charge in [0.1, 0.15) is 5.69 Å². The number of aromatic amines is 1. The van der Waals surface area contributed by atoms with Gasteiger partial charge >= 0.3 is 0 Å². The highest BCUT2D eigenvalue weighted by atomic mass is 16.2. The third-order valence-electron chi connectivity index (χ3n) is 4.56. The molecule has 0 aliphatic heterocycles. The molecule has 0 aliphatic rings. The Hall–Kier alpha value is -2.89. The van der Waals surface area contributed by atoms with E-state index in [1.165, 1.54) is 5.56 Å². The average Bonchev–Trinajstić information content (AvgIpc) is 3.16. The van der Waals surface area contributed by atoms with Crippen LogP contribution in [0, 0.1) is 20.8 Å². The largest absolute Gasteiger partial charge is 0.336 e. The van der Waals surface area contributed by atoms with Gasteiger partial charge in [-0.2, -0.15) is 10.2 Å². The summed E-state index contributed by atoms with van der Waals surface area (Å²) in [4.78, 5) is 14.4. The Kier molecular flexibility index (Phi) is 4.44. The van der Waals surface area contributed by atoms with Crippen molar-refractivity contribution >= 4 is 5.91 Å². The van der Waals surface area contributed by atoms with Crippen LogP contribution in [0.2, 0.25) is 0 Å². The number of H-pyrrole nitrogens is 1. The predicted octanol–water partition coefficient (Wildman–Crippen LogP) is 3.01. The number of rotatable bonds is 4. The highest BCUT2D eigenvalue weighted by Crippen LogP contribution is 2.20. The maximum atomic E-state index is 12.7. The van der Waals surface area contributed by atoms with E-state index in [1.54, 1.807) is 18.0 Å². The maximum absolute atomic E-state index is 12.7. The highest BCUT2D eigenvalue weighted by molar-refractivity contribution is 5.93. The summed E-state index contributed by atoms with van der Waals surface area (Å²) >= 11 is 0. The van der Waals surface area contributed by atoms with Gasteiger partial charge in [-0.1, -0.05) is 29.8 Å². The first kappa shape index (κ1) is 17.0. The lowest BCUT2D eigenvalue weighted by atomic mass is 10.1. The summed E-state index contributed by atoms with van der Waals surface area (Å²) in [6.45, 7) is 6.54. The van der Waals surface area contributed by atoms with E-state index in [2.05, 4.69) is 15.3 Å². The van der Waals surface area contributed by atoms with E-state index >= 15 is 0 Å². The molecule has 3 aromatic rings. The van der Waals surface area contributed by atoms with E-state index in [4.69, 9.17) is 0 Å². The number of nitrogens with zero attached hydrogens (tertiary/aromatic N) is 4. The molecule has 0 saturated heterocycles. The molecule has 1 aromatic carbocycles. The van der Waals surface area contributed by atoms with Gasteiger partial charge in [0.2, 0.25) is 0 Å². The van der Waals surface area contributed by atoms with E-state index in [1.807, 2.05) is 56.8 Å². The zero-order chi connectivity index (χ0) is 18.1. The third kappa shape index (κ3) is 3.33. The summed E-state index contributed by atoms with van der Waals surface area (Å²) in [6, 6.07) is 9.88. The summed E-state index contributed by atoms with van der Waals surface area (Å²) < 4.78 is 1.84. The Labute approximate surface area is 147 Å². The predicted molar refractivity (Wildman–Crippen MR) is 97.2 cm³/mol. The van der Waals surface area contributed by atoms with Gasteiger partial charge in [-0.25, -0.2) is 0 Å². The van der Waals surface area contributed by atoms with Crippen LogP contribution in [0.3, 0.4) is 0 Å². The number of nitrogens with one attached hydrogen (secondary N) is 1. The maximum Gasteiger partial charge on any atom is 0.271 e. The van der Waals surface area contributed by atoms with Crippen molar-refractivity contribution < 1.29 is 4.79 Å². The lowest BCUT2D eigenvalue weighted by molar-refractivity contribution is 0.0779. The van der Waals surface area contributed by atoms with Crippen molar-refractivity contribution in [3.63, 3.8) is 0 Å². The number of benzene rings is 1. The highest BCUT2D eigenvalue weighted by Gasteiger charge is 2.18. The number of carbonyl (C=O) groups excluding carboxylic acids is 1. The normalized spacial score (nSPS) is 10.9. The van der Waals surface area contributed by atoms with Gasteiger partial charge in [0, 0.05) is 37.5 Å². The standard InChI is InChI=1S/C19H23N5O/c1-12-6-8-15(9-7-12)17-10-18(21-20-17)19(25)23(4)11-16-13(2)22-24(5)14(16)3/h6-10H,11H2,1-5H3,(H,20,21). The molecule has 0 saturated carbocycles. The monoisotopic (exact) mass is 337 g/mol. The molecule has 2 heterocycles. The van der Waals surface area contributed by atoms with Crippen LogP contribution in [0.1, 0.15) is 33.0 Å². The van der Waals surface area contributed by atoms with Crippen LogP contribution in [0.15, 0.2) is 30.3 Å². The molecule has 3 rings (SSSR count). The van der Waals surface area contributed by atoms with Gasteiger partial charge in [-0.3, -0.25) is 14.6 Å². The van der Waals surface area contributed by atoms with Crippen molar-refractivity contribution in [1.29, 1.82) is 0 Å². The van der Waals surface area contributed by atoms with Crippen molar-refractivity contribution in [2.45, 2.75) is 27.3 Å². The number of hydrogen-bond donors (Lipinski definition) is 1. The van der Waals surface area contributed by atoms with E-state index in [-0.39, 0.29) is 5.91 Å². The van der Waals surface area contributed by atoms with Crippen LogP contribution in [0.4, 0.5) is 0 Å². The molecular weight excluding hydrogens is 314 g/mol. The van der Waals surface area contributed by atoms with E-state index < -0.39 is 0 Å². The van der Waals surface area contributed by atoms with Crippen LogP contribution in [-0.4, -0.2) is 37.8 Å². The summed E-state index contributed by atoms with van der Waals surface area (Å²) in [6.07, 6.45) is 0. The first-order chi connectivity index (χ1) is 11.9. The summed E-state index contributed by atoms with van der Waals surface area (Å²) in [5.41, 5.74) is 6.53. The van der Waals surface area contributed by atoms with Crippen LogP contribution in [0.25, 0.3) is 11.3 Å². The molecule has 0 unspecified atom stereocenters. The number of carbonyl (C=O) groups is 1. The minimum absolute atomic E-state index is 0.0893. The van der Waals surface area contributed by atoms with Crippen LogP contribution in [0.5, 0.6) is 0 Å². The van der Waals surface area contributed by atoms with Gasteiger partial charge in [-0.15, -0.1) is 0 Å². The average molecular weight is 337 g/mol. The summed E-state index contributed by atoms with van der Waals surface area (Å²) in [7, 11) is 3.71. The number of hydrogen-bond acceptors (Lipinski definition) is 3. The zero-order valence-electron chi connectivity index (χ0n) is 15.3. The number of aromatic nitrogens is 4. The molecule has 25 heavy (non-hydrogen) atoms. The van der Waals surface area contributed by atoms with Crippen molar-refractivity contribution in [2.75, 3.05) is 7.05 Å². The quantitative estimate of drug-likeness (QED) is 0.796. The molecule has 6 heteroatoms. The lowest BCUT2D eigenvalue weighted by Gasteiger charge is -2.16. The van der Waals surface area contributed by atoms with Gasteiger partial charge in [0.25, 0.3) is 5.91 Å². The first-order valence-corrected chi connectivity index (χ1v) is 8.24. The molecule has 1 N–H and O–H groups in total. The molecule has 0 atom stereocenters. The molecule has 0 radical (unpaired) electrons. The van der Waals surface area contributed by atoms with Gasteiger partial charge in [0.05, 0.1) is 11.4 Å². The first-order valence-electron chi connectivity index (χ1n) is 8.24. The molecule has 0 aliphatic carbocycles. The Morgan fingerprint density at radius 1 is 1.20 bits per heavy atom. The fourth-order valence-electron chi connectivity index (χ4n) is 2.86. The zero-order valence-corrected chi connectivity index (χ0v) is 15.3. The Morgan fingerprint density at radius 2 is 1.88 bits per heavy atom. The van der Waals surface area contributed by atoms with E-state index in [9.17, 15) is 4.79 Å². The third-order valence-corrected chi connectivity index (χ3v) is 4.56. The van der Waals surface area contributed by atoms with E-state index in [0.717, 1.165) is 28.2 Å². The van der Waals surface area contributed by atoms with Gasteiger partial charge < -0.3 is 4.90 Å². The van der Waals surface area contributed by atoms with Crippen molar-refractivity contribution in [1.82, 2.24) is 24.9 Å². The molecule has 1 amide bonds. The van der Waals surface area contributed by atoms with Crippen LogP contribution < -0.4 is 0 Å². The minimum atomic E-state index is -0.0893. The second-order valence-corrected chi connectivity index (χ2v) is 6.47. The summed E-state index contributed by atoms with van der Waals surface area (Å²) in [5.74, 6) is -0.0893. The SMILES string of the molecule is Cc1ccc(-c2cc(C(=O)N(C)Cc3c(C)nn(C)c3C)[nH]n2)cc1. The molecule has 0 fully saturated rings. The van der Waals surface area contributed by atoms with Crippen molar-refractivity contribution in [3.05, 3.63) is 58.5 Å². The van der Waals surface area contributed by atoms with E-state index in [0.29, 0.717) is 12.2 Å². The molecule has 0 bridgehead atoms. The molecule has 2 aromatic heterocycles. The Balaban J connectivity index is 1.78. The van der Waals surface area contributed by atoms with Crippen LogP contribution in [-0.2, 0) is 13.6 Å². The fraction of sp³-hybridized carbons (Fsp3) is 0.316. The van der Waals surface area contributed by atoms with Crippen LogP contribution >= 0.6 is 0 Å². The minimum Gasteiger partial charge on any atom is -0.336 e. The molecular formula is C19H23N5O. The molecule has 130 valence electrons.